The van der Waals surface area contributed by atoms with Crippen LogP contribution in [0.3, 0.4) is 0 Å². The van der Waals surface area contributed by atoms with Crippen LogP contribution in [-0.2, 0) is 6.42 Å². The van der Waals surface area contributed by atoms with Gasteiger partial charge in [0.1, 0.15) is 35.6 Å². The first-order valence-corrected chi connectivity index (χ1v) is 16.5. The molecular weight excluding hydrogens is 589 g/mol. The maximum absolute atomic E-state index is 17.1. The summed E-state index contributed by atoms with van der Waals surface area (Å²) in [7, 11) is 0. The van der Waals surface area contributed by atoms with Gasteiger partial charge in [-0.25, -0.2) is 18.2 Å². The van der Waals surface area contributed by atoms with Gasteiger partial charge in [-0.2, -0.15) is 9.97 Å². The van der Waals surface area contributed by atoms with Gasteiger partial charge in [0, 0.05) is 48.6 Å². The number of fused-ring (bicyclic) bond motifs is 7. The second kappa shape index (κ2) is 10.3. The Labute approximate surface area is 265 Å². The fraction of sp³-hybridized carbons (Fsp3) is 0.472. The summed E-state index contributed by atoms with van der Waals surface area (Å²) in [5.41, 5.74) is 1.00. The van der Waals surface area contributed by atoms with E-state index in [0.29, 0.717) is 58.7 Å². The lowest BCUT2D eigenvalue weighted by molar-refractivity contribution is 0.107. The van der Waals surface area contributed by atoms with Gasteiger partial charge < -0.3 is 15.0 Å². The number of anilines is 1. The van der Waals surface area contributed by atoms with E-state index in [4.69, 9.17) is 26.1 Å². The normalized spacial score (nSPS) is 30.0. The highest BCUT2D eigenvalue weighted by Crippen LogP contribution is 2.45. The number of benzene rings is 2. The molecule has 7 nitrogen and oxygen atoms in total. The Morgan fingerprint density at radius 1 is 1.11 bits per heavy atom. The van der Waals surface area contributed by atoms with Crippen molar-refractivity contribution < 1.29 is 17.9 Å². The van der Waals surface area contributed by atoms with Crippen molar-refractivity contribution in [1.82, 2.24) is 25.2 Å². The number of piperazine rings is 1. The van der Waals surface area contributed by atoms with Crippen molar-refractivity contribution in [3.63, 3.8) is 0 Å². The fourth-order valence-corrected chi connectivity index (χ4v) is 9.34. The Hall–Kier alpha value is -3.94. The van der Waals surface area contributed by atoms with Crippen molar-refractivity contribution in [1.29, 1.82) is 0 Å². The highest BCUT2D eigenvalue weighted by Gasteiger charge is 2.50. The summed E-state index contributed by atoms with van der Waals surface area (Å²) in [5.74, 6) is 2.14. The number of nitrogens with one attached hydrogen (secondary N) is 1. The van der Waals surface area contributed by atoms with Gasteiger partial charge in [-0.15, -0.1) is 6.42 Å². The summed E-state index contributed by atoms with van der Waals surface area (Å²) in [5, 5.41) is 5.53. The van der Waals surface area contributed by atoms with E-state index in [1.54, 1.807) is 18.2 Å². The zero-order chi connectivity index (χ0) is 31.3. The molecule has 0 aliphatic carbocycles. The molecule has 9 rings (SSSR count). The first-order chi connectivity index (χ1) is 22.3. The fourth-order valence-electron chi connectivity index (χ4n) is 9.34. The number of hydrogen-bond acceptors (Lipinski definition) is 7. The number of hydrogen-bond donors (Lipinski definition) is 1. The van der Waals surface area contributed by atoms with Crippen molar-refractivity contribution in [2.45, 2.75) is 75.3 Å². The van der Waals surface area contributed by atoms with Gasteiger partial charge in [-0.1, -0.05) is 37.1 Å². The molecule has 4 aromatic rings. The zero-order valence-electron chi connectivity index (χ0n) is 25.7. The smallest absolute Gasteiger partial charge is 0.319 e. The van der Waals surface area contributed by atoms with Gasteiger partial charge in [0.15, 0.2) is 5.82 Å². The minimum atomic E-state index is -0.892. The summed E-state index contributed by atoms with van der Waals surface area (Å²) in [6.45, 7) is 4.46. The van der Waals surface area contributed by atoms with Crippen LogP contribution in [0.2, 0.25) is 0 Å². The third-order valence-corrected chi connectivity index (χ3v) is 11.3. The van der Waals surface area contributed by atoms with Crippen LogP contribution in [0.5, 0.6) is 6.01 Å². The second-order valence-corrected chi connectivity index (χ2v) is 14.0. The molecule has 0 unspecified atom stereocenters. The molecule has 236 valence electrons. The Morgan fingerprint density at radius 3 is 2.87 bits per heavy atom. The van der Waals surface area contributed by atoms with Crippen LogP contribution >= 0.6 is 0 Å². The summed E-state index contributed by atoms with van der Waals surface area (Å²) < 4.78 is 53.0. The van der Waals surface area contributed by atoms with E-state index >= 15 is 4.39 Å². The summed E-state index contributed by atoms with van der Waals surface area (Å²) in [4.78, 5) is 19.2. The number of aromatic nitrogens is 3. The third kappa shape index (κ3) is 4.10. The monoisotopic (exact) mass is 624 g/mol. The highest BCUT2D eigenvalue weighted by molar-refractivity contribution is 6.02. The Kier molecular flexibility index (Phi) is 6.32. The minimum absolute atomic E-state index is 0.0726. The average molecular weight is 625 g/mol. The van der Waals surface area contributed by atoms with Crippen molar-refractivity contribution in [2.24, 2.45) is 5.92 Å². The van der Waals surface area contributed by atoms with Crippen LogP contribution in [0, 0.1) is 29.9 Å². The second-order valence-electron chi connectivity index (χ2n) is 14.0. The van der Waals surface area contributed by atoms with E-state index < -0.39 is 23.3 Å². The van der Waals surface area contributed by atoms with E-state index in [-0.39, 0.29) is 47.4 Å². The molecule has 46 heavy (non-hydrogen) atoms. The topological polar surface area (TPSA) is 66.4 Å². The van der Waals surface area contributed by atoms with Crippen LogP contribution in [0.4, 0.5) is 19.0 Å². The highest BCUT2D eigenvalue weighted by atomic mass is 19.1. The van der Waals surface area contributed by atoms with Crippen LogP contribution < -0.4 is 15.0 Å². The van der Waals surface area contributed by atoms with Crippen molar-refractivity contribution in [3.05, 3.63) is 53.2 Å². The quantitative estimate of drug-likeness (QED) is 0.298. The predicted octanol–water partition coefficient (Wildman–Crippen LogP) is 5.56. The van der Waals surface area contributed by atoms with Gasteiger partial charge >= 0.3 is 6.01 Å². The number of halogens is 3. The van der Waals surface area contributed by atoms with E-state index in [2.05, 4.69) is 28.0 Å². The van der Waals surface area contributed by atoms with Crippen molar-refractivity contribution >= 4 is 27.5 Å². The molecule has 0 spiro atoms. The molecule has 6 atom stereocenters. The first kappa shape index (κ1) is 28.3. The molecule has 4 fully saturated rings. The number of terminal acetylenes is 1. The van der Waals surface area contributed by atoms with Crippen molar-refractivity contribution in [2.75, 3.05) is 31.1 Å². The summed E-state index contributed by atoms with van der Waals surface area (Å²) in [6.07, 6.45) is 9.88. The zero-order valence-corrected chi connectivity index (χ0v) is 25.7. The molecule has 5 aliphatic rings. The Bertz CT molecular complexity index is 1960. The van der Waals surface area contributed by atoms with E-state index in [0.717, 1.165) is 38.8 Å². The van der Waals surface area contributed by atoms with Gasteiger partial charge in [0.2, 0.25) is 0 Å². The molecule has 2 aromatic heterocycles. The lowest BCUT2D eigenvalue weighted by Gasteiger charge is -2.43. The molecule has 7 heterocycles. The number of nitrogens with zero attached hydrogens (tertiary/aromatic N) is 5. The molecule has 2 bridgehead atoms. The van der Waals surface area contributed by atoms with Crippen LogP contribution in [0.15, 0.2) is 30.3 Å². The van der Waals surface area contributed by atoms with E-state index in [1.807, 2.05) is 6.07 Å². The molecule has 2 aromatic carbocycles. The van der Waals surface area contributed by atoms with Gasteiger partial charge in [-0.05, 0) is 56.0 Å². The van der Waals surface area contributed by atoms with E-state index in [1.165, 1.54) is 6.07 Å². The minimum Gasteiger partial charge on any atom is -0.461 e. The van der Waals surface area contributed by atoms with Gasteiger partial charge in [0.25, 0.3) is 0 Å². The SMILES string of the molecule is C#Cc1c(F)ccc2cccc(-c3nc4c5c(nc(OC[C@@]67CCCN6C[C@H](F)C7)nc5c3F)N3C[C@H]5CC[C@H](N5)[C@H]3[C@@H](C)C4)c12. The molecule has 0 radical (unpaired) electrons. The number of ether oxygens (including phenoxy) is 1. The van der Waals surface area contributed by atoms with Crippen LogP contribution in [0.1, 0.15) is 50.3 Å². The molecule has 4 saturated heterocycles. The molecular formula is C36H35F3N6O. The average Bonchev–Trinajstić information content (AvgIpc) is 3.69. The maximum atomic E-state index is 17.1. The number of alkyl halides is 1. The largest absolute Gasteiger partial charge is 0.461 e. The van der Waals surface area contributed by atoms with Crippen LogP contribution in [0.25, 0.3) is 32.9 Å². The Balaban J connectivity index is 1.25. The van der Waals surface area contributed by atoms with Crippen molar-refractivity contribution in [3.8, 4) is 29.6 Å². The summed E-state index contributed by atoms with van der Waals surface area (Å²) in [6, 6.07) is 9.18. The maximum Gasteiger partial charge on any atom is 0.319 e. The molecule has 10 heteroatoms. The lowest BCUT2D eigenvalue weighted by Crippen LogP contribution is -2.60. The van der Waals surface area contributed by atoms with E-state index in [9.17, 15) is 8.78 Å². The molecule has 0 saturated carbocycles. The lowest BCUT2D eigenvalue weighted by atomic mass is 9.89. The Morgan fingerprint density at radius 2 is 2.00 bits per heavy atom. The number of pyridine rings is 1. The molecule has 1 N–H and O–H groups in total. The third-order valence-electron chi connectivity index (χ3n) is 11.3. The summed E-state index contributed by atoms with van der Waals surface area (Å²) >= 11 is 0. The molecule has 0 amide bonds. The first-order valence-electron chi connectivity index (χ1n) is 16.5. The van der Waals surface area contributed by atoms with Gasteiger partial charge in [0.05, 0.1) is 22.2 Å². The number of rotatable bonds is 4. The predicted molar refractivity (Wildman–Crippen MR) is 171 cm³/mol. The standard InChI is InChI=1S/C36H35F3N6O/c1-3-23-25(38)10-8-20-6-4-7-24(28(20)23)31-30(39)32-29-27(41-31)14-19(2)33-26-11-9-22(40-26)17-45(33)34(29)43-35(42-32)46-18-36-12-5-13-44(36)16-21(37)15-36/h1,4,6-8,10,19,21-22,26,33,40H,5,9,11-18H2,2H3/t19-,21+,22+,26-,33+,36-/m0/s1. The van der Waals surface area contributed by atoms with Crippen LogP contribution in [-0.4, -0.2) is 75.9 Å². The van der Waals surface area contributed by atoms with Gasteiger partial charge in [-0.3, -0.25) is 4.90 Å². The molecule has 5 aliphatic heterocycles.